The zero-order chi connectivity index (χ0) is 24.4. The molecular formula is C28H44O5. The number of carbonyl (C=O) groups is 2. The molecule has 0 aromatic rings. The number of esters is 2. The van der Waals surface area contributed by atoms with E-state index >= 15 is 0 Å². The standard InChI is InChI=1S/C28H44O5/c1-3-5-7-9-10-11-12-13-14-15-16-17-18-19-21-23-28(31)33-26(24-29)25-32-27(30)22-20-8-6-4-2/h5,7,10-11,13-14,16-17,19,21,26,29H,3-4,6,8-9,12,15,18,20,22-25H2,1-2H3/b7-5-,11-10-,14-13-,17-16-,21-19-. The first-order valence-electron chi connectivity index (χ1n) is 12.3. The number of aliphatic hydroxyl groups is 1. The van der Waals surface area contributed by atoms with Crippen molar-refractivity contribution < 1.29 is 24.2 Å². The Hall–Kier alpha value is -2.40. The van der Waals surface area contributed by atoms with Crippen molar-refractivity contribution in [3.8, 4) is 0 Å². The van der Waals surface area contributed by atoms with Crippen molar-refractivity contribution in [2.45, 2.75) is 90.6 Å². The molecule has 5 heteroatoms. The predicted octanol–water partition coefficient (Wildman–Crippen LogP) is 6.55. The van der Waals surface area contributed by atoms with Gasteiger partial charge >= 0.3 is 11.9 Å². The van der Waals surface area contributed by atoms with Crippen LogP contribution >= 0.6 is 0 Å². The lowest BCUT2D eigenvalue weighted by Gasteiger charge is -2.15. The number of hydrogen-bond acceptors (Lipinski definition) is 5. The van der Waals surface area contributed by atoms with Crippen molar-refractivity contribution in [3.63, 3.8) is 0 Å². The summed E-state index contributed by atoms with van der Waals surface area (Å²) < 4.78 is 10.3. The topological polar surface area (TPSA) is 72.8 Å². The number of carbonyl (C=O) groups excluding carboxylic acids is 2. The lowest BCUT2D eigenvalue weighted by atomic mass is 10.2. The number of unbranched alkanes of at least 4 members (excludes halogenated alkanes) is 3. The molecule has 33 heavy (non-hydrogen) atoms. The molecular weight excluding hydrogens is 416 g/mol. The Labute approximate surface area is 200 Å². The van der Waals surface area contributed by atoms with E-state index in [-0.39, 0.29) is 25.6 Å². The van der Waals surface area contributed by atoms with Crippen LogP contribution in [0.2, 0.25) is 0 Å². The van der Waals surface area contributed by atoms with Gasteiger partial charge in [-0.05, 0) is 38.5 Å². The van der Waals surface area contributed by atoms with Gasteiger partial charge in [0.2, 0.25) is 0 Å². The van der Waals surface area contributed by atoms with Gasteiger partial charge in [-0.2, -0.15) is 0 Å². The van der Waals surface area contributed by atoms with E-state index in [4.69, 9.17) is 9.47 Å². The van der Waals surface area contributed by atoms with E-state index in [2.05, 4.69) is 56.4 Å². The Morgan fingerprint density at radius 3 is 1.79 bits per heavy atom. The van der Waals surface area contributed by atoms with E-state index in [1.807, 2.05) is 12.2 Å². The average Bonchev–Trinajstić information content (AvgIpc) is 2.81. The van der Waals surface area contributed by atoms with Gasteiger partial charge in [-0.15, -0.1) is 0 Å². The number of hydrogen-bond donors (Lipinski definition) is 1. The molecule has 0 aromatic heterocycles. The molecule has 0 rings (SSSR count). The molecule has 0 radical (unpaired) electrons. The first-order chi connectivity index (χ1) is 16.1. The van der Waals surface area contributed by atoms with Crippen LogP contribution in [0, 0.1) is 0 Å². The molecule has 0 aliphatic carbocycles. The smallest absolute Gasteiger partial charge is 0.310 e. The molecule has 0 aliphatic heterocycles. The van der Waals surface area contributed by atoms with E-state index in [0.717, 1.165) is 57.8 Å². The summed E-state index contributed by atoms with van der Waals surface area (Å²) >= 11 is 0. The van der Waals surface area contributed by atoms with Crippen LogP contribution in [0.1, 0.15) is 84.5 Å². The lowest BCUT2D eigenvalue weighted by molar-refractivity contribution is -0.160. The maximum absolute atomic E-state index is 11.9. The van der Waals surface area contributed by atoms with Gasteiger partial charge in [-0.1, -0.05) is 93.9 Å². The first kappa shape index (κ1) is 30.6. The third kappa shape index (κ3) is 22.6. The molecule has 1 unspecified atom stereocenters. The van der Waals surface area contributed by atoms with Crippen LogP contribution < -0.4 is 0 Å². The molecule has 5 nitrogen and oxygen atoms in total. The van der Waals surface area contributed by atoms with Gasteiger partial charge in [0.1, 0.15) is 6.61 Å². The van der Waals surface area contributed by atoms with Gasteiger partial charge in [0.25, 0.3) is 0 Å². The third-order valence-corrected chi connectivity index (χ3v) is 4.61. The minimum Gasteiger partial charge on any atom is -0.462 e. The fourth-order valence-electron chi connectivity index (χ4n) is 2.74. The number of aliphatic hydroxyl groups excluding tert-OH is 1. The summed E-state index contributed by atoms with van der Waals surface area (Å²) in [6.07, 6.45) is 29.1. The van der Waals surface area contributed by atoms with Gasteiger partial charge in [0.05, 0.1) is 13.0 Å². The molecule has 0 fully saturated rings. The Kier molecular flexibility index (Phi) is 22.5. The molecule has 0 amide bonds. The average molecular weight is 461 g/mol. The van der Waals surface area contributed by atoms with Gasteiger partial charge in [0, 0.05) is 6.42 Å². The Balaban J connectivity index is 3.87. The molecule has 0 bridgehead atoms. The minimum atomic E-state index is -0.820. The van der Waals surface area contributed by atoms with Crippen molar-refractivity contribution in [3.05, 3.63) is 60.8 Å². The molecule has 0 aromatic carbocycles. The van der Waals surface area contributed by atoms with Crippen molar-refractivity contribution >= 4 is 11.9 Å². The van der Waals surface area contributed by atoms with Crippen molar-refractivity contribution in [2.24, 2.45) is 0 Å². The summed E-state index contributed by atoms with van der Waals surface area (Å²) in [5, 5.41) is 9.33. The quantitative estimate of drug-likeness (QED) is 0.127. The fraction of sp³-hybridized carbons (Fsp3) is 0.571. The molecule has 186 valence electrons. The normalized spacial score (nSPS) is 13.2. The molecule has 0 saturated heterocycles. The maximum Gasteiger partial charge on any atom is 0.310 e. The number of allylic oxidation sites excluding steroid dienone is 9. The zero-order valence-electron chi connectivity index (χ0n) is 20.6. The Morgan fingerprint density at radius 1 is 0.727 bits per heavy atom. The van der Waals surface area contributed by atoms with E-state index < -0.39 is 12.1 Å². The third-order valence-electron chi connectivity index (χ3n) is 4.61. The van der Waals surface area contributed by atoms with Gasteiger partial charge in [0.15, 0.2) is 6.10 Å². The van der Waals surface area contributed by atoms with Crippen LogP contribution in [0.4, 0.5) is 0 Å². The van der Waals surface area contributed by atoms with Gasteiger partial charge in [-0.25, -0.2) is 0 Å². The van der Waals surface area contributed by atoms with Crippen LogP contribution in [-0.2, 0) is 19.1 Å². The zero-order valence-corrected chi connectivity index (χ0v) is 20.6. The lowest BCUT2D eigenvalue weighted by Crippen LogP contribution is -2.28. The highest BCUT2D eigenvalue weighted by Crippen LogP contribution is 2.05. The van der Waals surface area contributed by atoms with Gasteiger partial charge < -0.3 is 14.6 Å². The highest BCUT2D eigenvalue weighted by Gasteiger charge is 2.15. The Bertz CT molecular complexity index is 628. The fourth-order valence-corrected chi connectivity index (χ4v) is 2.74. The highest BCUT2D eigenvalue weighted by atomic mass is 16.6. The van der Waals surface area contributed by atoms with Crippen LogP contribution in [-0.4, -0.2) is 36.4 Å². The summed E-state index contributed by atoms with van der Waals surface area (Å²) in [7, 11) is 0. The number of ether oxygens (including phenoxy) is 2. The SMILES string of the molecule is CC/C=C\C/C=C\C/C=C\C/C=C\C/C=C\CC(=O)OC(CO)COC(=O)CCCCCC. The van der Waals surface area contributed by atoms with Crippen LogP contribution in [0.15, 0.2) is 60.8 Å². The second-order valence-electron chi connectivity index (χ2n) is 7.70. The second-order valence-corrected chi connectivity index (χ2v) is 7.70. The number of rotatable bonds is 20. The van der Waals surface area contributed by atoms with Crippen molar-refractivity contribution in [1.29, 1.82) is 0 Å². The van der Waals surface area contributed by atoms with E-state index in [1.165, 1.54) is 0 Å². The minimum absolute atomic E-state index is 0.111. The van der Waals surface area contributed by atoms with Crippen LogP contribution in [0.5, 0.6) is 0 Å². The van der Waals surface area contributed by atoms with Crippen molar-refractivity contribution in [2.75, 3.05) is 13.2 Å². The van der Waals surface area contributed by atoms with Crippen LogP contribution in [0.25, 0.3) is 0 Å². The summed E-state index contributed by atoms with van der Waals surface area (Å²) in [4.78, 5) is 23.5. The molecule has 0 spiro atoms. The van der Waals surface area contributed by atoms with E-state index in [0.29, 0.717) is 6.42 Å². The summed E-state index contributed by atoms with van der Waals surface area (Å²) in [5.41, 5.74) is 0. The molecule has 0 aliphatic rings. The van der Waals surface area contributed by atoms with Crippen molar-refractivity contribution in [1.82, 2.24) is 0 Å². The molecule has 1 N–H and O–H groups in total. The monoisotopic (exact) mass is 460 g/mol. The molecule has 0 saturated carbocycles. The summed E-state index contributed by atoms with van der Waals surface area (Å²) in [6.45, 7) is 3.76. The van der Waals surface area contributed by atoms with E-state index in [1.54, 1.807) is 6.08 Å². The van der Waals surface area contributed by atoms with E-state index in [9.17, 15) is 14.7 Å². The van der Waals surface area contributed by atoms with Gasteiger partial charge in [-0.3, -0.25) is 9.59 Å². The molecule has 1 atom stereocenters. The van der Waals surface area contributed by atoms with Crippen LogP contribution in [0.3, 0.4) is 0 Å². The highest BCUT2D eigenvalue weighted by molar-refractivity contribution is 5.71. The first-order valence-corrected chi connectivity index (χ1v) is 12.3. The maximum atomic E-state index is 11.9. The summed E-state index contributed by atoms with van der Waals surface area (Å²) in [5.74, 6) is -0.770. The molecule has 0 heterocycles. The predicted molar refractivity (Wildman–Crippen MR) is 136 cm³/mol. The Morgan fingerprint density at radius 2 is 1.27 bits per heavy atom. The second kappa shape index (κ2) is 24.2. The largest absolute Gasteiger partial charge is 0.462 e. The summed E-state index contributed by atoms with van der Waals surface area (Å²) in [6, 6.07) is 0.